The monoisotopic (exact) mass is 314 g/mol. The third kappa shape index (κ3) is 4.76. The highest BCUT2D eigenvalue weighted by molar-refractivity contribution is 7.91. The molecule has 1 fully saturated rings. The fraction of sp³-hybridized carbons (Fsp3) is 0.600. The molecule has 2 N–H and O–H groups in total. The molecule has 0 aliphatic carbocycles. The Bertz CT molecular complexity index is 589. The third-order valence-electron chi connectivity index (χ3n) is 4.03. The highest BCUT2D eigenvalue weighted by Gasteiger charge is 2.19. The molecule has 6 heteroatoms. The first-order valence-corrected chi connectivity index (χ1v) is 9.14. The van der Waals surface area contributed by atoms with E-state index in [-0.39, 0.29) is 23.4 Å². The molecule has 0 radical (unpaired) electrons. The molecule has 0 aromatic heterocycles. The molecule has 1 unspecified atom stereocenters. The number of hydrogen-bond donors (Lipinski definition) is 1. The maximum atomic E-state index is 13.5. The first kappa shape index (κ1) is 16.4. The Labute approximate surface area is 126 Å². The van der Waals surface area contributed by atoms with Gasteiger partial charge in [0.2, 0.25) is 0 Å². The first-order chi connectivity index (χ1) is 9.87. The zero-order chi connectivity index (χ0) is 15.5. The molecule has 0 saturated carbocycles. The maximum absolute atomic E-state index is 13.5. The van der Waals surface area contributed by atoms with E-state index >= 15 is 0 Å². The molecule has 4 nitrogen and oxygen atoms in total. The fourth-order valence-electron chi connectivity index (χ4n) is 2.54. The van der Waals surface area contributed by atoms with Crippen molar-refractivity contribution in [1.82, 2.24) is 4.90 Å². The van der Waals surface area contributed by atoms with E-state index in [0.717, 1.165) is 18.7 Å². The van der Waals surface area contributed by atoms with Crippen LogP contribution in [0.3, 0.4) is 0 Å². The van der Waals surface area contributed by atoms with Gasteiger partial charge >= 0.3 is 0 Å². The molecule has 1 aromatic carbocycles. The van der Waals surface area contributed by atoms with Crippen LogP contribution in [0.1, 0.15) is 30.0 Å². The van der Waals surface area contributed by atoms with E-state index in [0.29, 0.717) is 24.9 Å². The lowest BCUT2D eigenvalue weighted by molar-refractivity contribution is 0.283. The second kappa shape index (κ2) is 6.85. The van der Waals surface area contributed by atoms with Gasteiger partial charge in [-0.05, 0) is 50.0 Å². The maximum Gasteiger partial charge on any atom is 0.151 e. The average molecular weight is 314 g/mol. The Kier molecular flexibility index (Phi) is 5.35. The van der Waals surface area contributed by atoms with Crippen molar-refractivity contribution in [2.45, 2.75) is 25.8 Å². The second-order valence-electron chi connectivity index (χ2n) is 5.75. The molecule has 1 aliphatic rings. The van der Waals surface area contributed by atoms with Crippen molar-refractivity contribution in [2.75, 3.05) is 31.1 Å². The molecule has 1 saturated heterocycles. The standard InChI is InChI=1S/C15H23FN2O2S/c1-12-3-4-13(11-14(12)16)15(17)5-7-18-6-2-9-21(19,20)10-8-18/h3-4,11,15H,2,5-10,17H2,1H3. The summed E-state index contributed by atoms with van der Waals surface area (Å²) in [7, 11) is -2.88. The molecule has 1 atom stereocenters. The number of nitrogens with zero attached hydrogens (tertiary/aromatic N) is 1. The Morgan fingerprint density at radius 1 is 1.33 bits per heavy atom. The van der Waals surface area contributed by atoms with Gasteiger partial charge in [0.15, 0.2) is 9.84 Å². The van der Waals surface area contributed by atoms with Crippen LogP contribution in [0.25, 0.3) is 0 Å². The van der Waals surface area contributed by atoms with Gasteiger partial charge in [-0.1, -0.05) is 12.1 Å². The Balaban J connectivity index is 1.88. The molecular formula is C15H23FN2O2S. The summed E-state index contributed by atoms with van der Waals surface area (Å²) in [6.07, 6.45) is 1.37. The molecule has 0 spiro atoms. The van der Waals surface area contributed by atoms with Crippen molar-refractivity contribution >= 4 is 9.84 Å². The summed E-state index contributed by atoms with van der Waals surface area (Å²) in [4.78, 5) is 2.13. The van der Waals surface area contributed by atoms with Gasteiger partial charge in [-0.2, -0.15) is 0 Å². The quantitative estimate of drug-likeness (QED) is 0.918. The van der Waals surface area contributed by atoms with E-state index in [4.69, 9.17) is 5.73 Å². The van der Waals surface area contributed by atoms with Crippen LogP contribution in [0, 0.1) is 12.7 Å². The van der Waals surface area contributed by atoms with Crippen LogP contribution in [0.15, 0.2) is 18.2 Å². The van der Waals surface area contributed by atoms with Crippen LogP contribution in [0.4, 0.5) is 4.39 Å². The van der Waals surface area contributed by atoms with Gasteiger partial charge in [0.25, 0.3) is 0 Å². The molecule has 1 aliphatic heterocycles. The van der Waals surface area contributed by atoms with Gasteiger partial charge in [-0.15, -0.1) is 0 Å². The number of halogens is 1. The topological polar surface area (TPSA) is 63.4 Å². The van der Waals surface area contributed by atoms with Crippen molar-refractivity contribution in [3.8, 4) is 0 Å². The molecule has 0 bridgehead atoms. The van der Waals surface area contributed by atoms with Crippen LogP contribution in [0.2, 0.25) is 0 Å². The first-order valence-electron chi connectivity index (χ1n) is 7.32. The molecule has 1 heterocycles. The Morgan fingerprint density at radius 3 is 2.81 bits per heavy atom. The molecule has 1 aromatic rings. The largest absolute Gasteiger partial charge is 0.324 e. The van der Waals surface area contributed by atoms with Gasteiger partial charge in [0.1, 0.15) is 5.82 Å². The minimum absolute atomic E-state index is 0.222. The summed E-state index contributed by atoms with van der Waals surface area (Å²) < 4.78 is 36.6. The Hall–Kier alpha value is -0.980. The summed E-state index contributed by atoms with van der Waals surface area (Å²) in [6.45, 7) is 3.82. The van der Waals surface area contributed by atoms with Gasteiger partial charge in [0.05, 0.1) is 11.5 Å². The molecule has 118 valence electrons. The van der Waals surface area contributed by atoms with Crippen LogP contribution in [-0.2, 0) is 9.84 Å². The van der Waals surface area contributed by atoms with E-state index in [9.17, 15) is 12.8 Å². The molecule has 21 heavy (non-hydrogen) atoms. The summed E-state index contributed by atoms with van der Waals surface area (Å²) in [5.41, 5.74) is 7.52. The zero-order valence-electron chi connectivity index (χ0n) is 12.4. The van der Waals surface area contributed by atoms with Crippen LogP contribution < -0.4 is 5.73 Å². The highest BCUT2D eigenvalue weighted by atomic mass is 32.2. The minimum Gasteiger partial charge on any atom is -0.324 e. The number of hydrogen-bond acceptors (Lipinski definition) is 4. The van der Waals surface area contributed by atoms with E-state index in [1.165, 1.54) is 6.07 Å². The number of nitrogens with two attached hydrogens (primary N) is 1. The van der Waals surface area contributed by atoms with E-state index in [1.54, 1.807) is 13.0 Å². The fourth-order valence-corrected chi connectivity index (χ4v) is 3.85. The predicted molar refractivity (Wildman–Crippen MR) is 82.4 cm³/mol. The lowest BCUT2D eigenvalue weighted by atomic mass is 10.0. The summed E-state index contributed by atoms with van der Waals surface area (Å²) in [6, 6.07) is 4.87. The van der Waals surface area contributed by atoms with Crippen LogP contribution in [0.5, 0.6) is 0 Å². The van der Waals surface area contributed by atoms with Crippen molar-refractivity contribution in [2.24, 2.45) is 5.73 Å². The number of benzene rings is 1. The van der Waals surface area contributed by atoms with Gasteiger partial charge in [-0.25, -0.2) is 12.8 Å². The SMILES string of the molecule is Cc1ccc(C(N)CCN2CCCS(=O)(=O)CC2)cc1F. The van der Waals surface area contributed by atoms with Crippen LogP contribution in [-0.4, -0.2) is 44.5 Å². The summed E-state index contributed by atoms with van der Waals surface area (Å²) in [5.74, 6) is 0.268. The lowest BCUT2D eigenvalue weighted by Gasteiger charge is -2.21. The molecular weight excluding hydrogens is 291 g/mol. The number of aryl methyl sites for hydroxylation is 1. The zero-order valence-corrected chi connectivity index (χ0v) is 13.2. The van der Waals surface area contributed by atoms with Crippen molar-refractivity contribution in [3.63, 3.8) is 0 Å². The van der Waals surface area contributed by atoms with E-state index < -0.39 is 9.84 Å². The average Bonchev–Trinajstić information content (AvgIpc) is 2.60. The van der Waals surface area contributed by atoms with Gasteiger partial charge in [-0.3, -0.25) is 0 Å². The highest BCUT2D eigenvalue weighted by Crippen LogP contribution is 2.18. The smallest absolute Gasteiger partial charge is 0.151 e. The van der Waals surface area contributed by atoms with Gasteiger partial charge in [0, 0.05) is 12.6 Å². The lowest BCUT2D eigenvalue weighted by Crippen LogP contribution is -2.30. The minimum atomic E-state index is -2.88. The summed E-state index contributed by atoms with van der Waals surface area (Å²) >= 11 is 0. The normalized spacial score (nSPS) is 20.9. The van der Waals surface area contributed by atoms with E-state index in [1.807, 2.05) is 6.07 Å². The van der Waals surface area contributed by atoms with E-state index in [2.05, 4.69) is 4.90 Å². The molecule has 0 amide bonds. The second-order valence-corrected chi connectivity index (χ2v) is 8.05. The van der Waals surface area contributed by atoms with Crippen molar-refractivity contribution < 1.29 is 12.8 Å². The number of rotatable bonds is 4. The predicted octanol–water partition coefficient (Wildman–Crippen LogP) is 1.64. The van der Waals surface area contributed by atoms with Crippen LogP contribution >= 0.6 is 0 Å². The van der Waals surface area contributed by atoms with Gasteiger partial charge < -0.3 is 10.6 Å². The number of sulfone groups is 1. The van der Waals surface area contributed by atoms with Crippen molar-refractivity contribution in [1.29, 1.82) is 0 Å². The Morgan fingerprint density at radius 2 is 2.10 bits per heavy atom. The summed E-state index contributed by atoms with van der Waals surface area (Å²) in [5, 5.41) is 0. The van der Waals surface area contributed by atoms with Crippen molar-refractivity contribution in [3.05, 3.63) is 35.1 Å². The molecule has 2 rings (SSSR count). The third-order valence-corrected chi connectivity index (χ3v) is 5.74.